The van der Waals surface area contributed by atoms with Crippen LogP contribution in [0.5, 0.6) is 0 Å². The standard InChI is InChI=1S/C9H17NO5/c1-7(8(14)15)2-3-10-9(4-11,5-12)6-13/h2,10-13H,3-6H2,1H3,(H,14,15). The summed E-state index contributed by atoms with van der Waals surface area (Å²) < 4.78 is 0. The first-order chi connectivity index (χ1) is 7.01. The van der Waals surface area contributed by atoms with Crippen LogP contribution in [0.2, 0.25) is 0 Å². The molecule has 5 N–H and O–H groups in total. The Morgan fingerprint density at radius 1 is 1.27 bits per heavy atom. The van der Waals surface area contributed by atoms with E-state index < -0.39 is 31.3 Å². The Kier molecular flexibility index (Phi) is 6.11. The molecule has 0 radical (unpaired) electrons. The van der Waals surface area contributed by atoms with Crippen molar-refractivity contribution in [1.82, 2.24) is 5.32 Å². The van der Waals surface area contributed by atoms with Crippen LogP contribution in [0.15, 0.2) is 11.6 Å². The van der Waals surface area contributed by atoms with E-state index in [1.165, 1.54) is 13.0 Å². The van der Waals surface area contributed by atoms with E-state index >= 15 is 0 Å². The van der Waals surface area contributed by atoms with Gasteiger partial charge in [0, 0.05) is 12.1 Å². The van der Waals surface area contributed by atoms with Gasteiger partial charge in [0.15, 0.2) is 0 Å². The van der Waals surface area contributed by atoms with Crippen molar-refractivity contribution >= 4 is 5.97 Å². The Morgan fingerprint density at radius 3 is 2.07 bits per heavy atom. The van der Waals surface area contributed by atoms with Crippen molar-refractivity contribution in [3.63, 3.8) is 0 Å². The van der Waals surface area contributed by atoms with Crippen molar-refractivity contribution in [3.05, 3.63) is 11.6 Å². The lowest BCUT2D eigenvalue weighted by atomic mass is 10.0. The minimum Gasteiger partial charge on any atom is -0.478 e. The van der Waals surface area contributed by atoms with Crippen molar-refractivity contribution in [1.29, 1.82) is 0 Å². The highest BCUT2D eigenvalue weighted by molar-refractivity contribution is 5.85. The fraction of sp³-hybridized carbons (Fsp3) is 0.667. The molecule has 0 aromatic heterocycles. The van der Waals surface area contributed by atoms with Gasteiger partial charge in [0.05, 0.1) is 25.4 Å². The predicted octanol–water partition coefficient (Wildman–Crippen LogP) is -1.68. The van der Waals surface area contributed by atoms with Gasteiger partial charge < -0.3 is 25.7 Å². The molecule has 0 aliphatic rings. The molecule has 6 heteroatoms. The summed E-state index contributed by atoms with van der Waals surface area (Å²) in [5.41, 5.74) is -1.01. The van der Waals surface area contributed by atoms with Gasteiger partial charge in [-0.15, -0.1) is 0 Å². The minimum absolute atomic E-state index is 0.153. The molecule has 0 aliphatic heterocycles. The summed E-state index contributed by atoms with van der Waals surface area (Å²) in [4.78, 5) is 10.4. The molecule has 6 nitrogen and oxygen atoms in total. The third kappa shape index (κ3) is 4.39. The Balaban J connectivity index is 4.23. The zero-order valence-corrected chi connectivity index (χ0v) is 8.60. The van der Waals surface area contributed by atoms with Crippen LogP contribution in [0.4, 0.5) is 0 Å². The van der Waals surface area contributed by atoms with Crippen LogP contribution >= 0.6 is 0 Å². The van der Waals surface area contributed by atoms with E-state index in [0.717, 1.165) is 0 Å². The van der Waals surface area contributed by atoms with Gasteiger partial charge in [-0.05, 0) is 6.92 Å². The number of rotatable bonds is 7. The minimum atomic E-state index is -1.17. The molecule has 0 aliphatic carbocycles. The monoisotopic (exact) mass is 219 g/mol. The van der Waals surface area contributed by atoms with Gasteiger partial charge in [-0.25, -0.2) is 4.79 Å². The molecule has 0 unspecified atom stereocenters. The molecule has 0 heterocycles. The van der Waals surface area contributed by atoms with E-state index in [0.29, 0.717) is 0 Å². The van der Waals surface area contributed by atoms with Crippen molar-refractivity contribution in [2.24, 2.45) is 0 Å². The lowest BCUT2D eigenvalue weighted by Gasteiger charge is -2.28. The molecule has 0 rings (SSSR count). The van der Waals surface area contributed by atoms with Gasteiger partial charge in [0.25, 0.3) is 0 Å². The highest BCUT2D eigenvalue weighted by Crippen LogP contribution is 2.01. The maximum absolute atomic E-state index is 10.4. The first kappa shape index (κ1) is 14.1. The van der Waals surface area contributed by atoms with Crippen LogP contribution < -0.4 is 5.32 Å². The number of nitrogens with one attached hydrogen (secondary N) is 1. The molecule has 0 bridgehead atoms. The Morgan fingerprint density at radius 2 is 1.73 bits per heavy atom. The van der Waals surface area contributed by atoms with Crippen LogP contribution in [0.3, 0.4) is 0 Å². The predicted molar refractivity (Wildman–Crippen MR) is 53.4 cm³/mol. The fourth-order valence-corrected chi connectivity index (χ4v) is 0.826. The molecule has 0 spiro atoms. The molecule has 0 fully saturated rings. The molecule has 0 saturated heterocycles. The molecule has 0 saturated carbocycles. The maximum atomic E-state index is 10.4. The van der Waals surface area contributed by atoms with Gasteiger partial charge >= 0.3 is 5.97 Å². The first-order valence-electron chi connectivity index (χ1n) is 4.49. The molecule has 0 aromatic rings. The summed E-state index contributed by atoms with van der Waals surface area (Å²) in [6, 6.07) is 0. The zero-order valence-electron chi connectivity index (χ0n) is 8.60. The second-order valence-electron chi connectivity index (χ2n) is 3.33. The van der Waals surface area contributed by atoms with Gasteiger partial charge in [-0.3, -0.25) is 0 Å². The summed E-state index contributed by atoms with van der Waals surface area (Å²) in [6.07, 6.45) is 1.40. The number of aliphatic carboxylic acids is 1. The molecular formula is C9H17NO5. The third-order valence-electron chi connectivity index (χ3n) is 2.13. The lowest BCUT2D eigenvalue weighted by molar-refractivity contribution is -0.132. The van der Waals surface area contributed by atoms with E-state index in [9.17, 15) is 4.79 Å². The first-order valence-corrected chi connectivity index (χ1v) is 4.49. The zero-order chi connectivity index (χ0) is 11.9. The SMILES string of the molecule is CC(=CCNC(CO)(CO)CO)C(=O)O. The molecule has 0 aromatic carbocycles. The summed E-state index contributed by atoms with van der Waals surface area (Å²) in [7, 11) is 0. The molecular weight excluding hydrogens is 202 g/mol. The van der Waals surface area contributed by atoms with Crippen molar-refractivity contribution in [3.8, 4) is 0 Å². The second-order valence-corrected chi connectivity index (χ2v) is 3.33. The van der Waals surface area contributed by atoms with Gasteiger partial charge in [0.2, 0.25) is 0 Å². The smallest absolute Gasteiger partial charge is 0.330 e. The Hall–Kier alpha value is -0.950. The largest absolute Gasteiger partial charge is 0.478 e. The topological polar surface area (TPSA) is 110 Å². The van der Waals surface area contributed by atoms with Crippen molar-refractivity contribution < 1.29 is 25.2 Å². The van der Waals surface area contributed by atoms with Crippen LogP contribution in [0.1, 0.15) is 6.92 Å². The summed E-state index contributed by atoms with van der Waals surface area (Å²) in [6.45, 7) is 0.294. The fourth-order valence-electron chi connectivity index (χ4n) is 0.826. The van der Waals surface area contributed by atoms with Crippen LogP contribution in [0, 0.1) is 0 Å². The highest BCUT2D eigenvalue weighted by Gasteiger charge is 2.26. The lowest BCUT2D eigenvalue weighted by Crippen LogP contribution is -2.54. The van der Waals surface area contributed by atoms with E-state index in [1.54, 1.807) is 0 Å². The number of aliphatic hydroxyl groups is 3. The average molecular weight is 219 g/mol. The Labute approximate surface area is 87.9 Å². The number of carboxylic acid groups (broad SMARTS) is 1. The van der Waals surface area contributed by atoms with Crippen LogP contribution in [0.25, 0.3) is 0 Å². The van der Waals surface area contributed by atoms with Gasteiger partial charge in [0.1, 0.15) is 0 Å². The highest BCUT2D eigenvalue weighted by atomic mass is 16.4. The van der Waals surface area contributed by atoms with E-state index in [2.05, 4.69) is 5.32 Å². The molecule has 0 amide bonds. The Bertz CT molecular complexity index is 226. The molecule has 88 valence electrons. The second kappa shape index (κ2) is 6.52. The average Bonchev–Trinajstić information content (AvgIpc) is 2.24. The van der Waals surface area contributed by atoms with Crippen LogP contribution in [-0.2, 0) is 4.79 Å². The van der Waals surface area contributed by atoms with Crippen LogP contribution in [-0.4, -0.2) is 58.3 Å². The third-order valence-corrected chi connectivity index (χ3v) is 2.13. The van der Waals surface area contributed by atoms with Crippen molar-refractivity contribution in [2.45, 2.75) is 12.5 Å². The number of carbonyl (C=O) groups is 1. The van der Waals surface area contributed by atoms with E-state index in [4.69, 9.17) is 20.4 Å². The van der Waals surface area contributed by atoms with E-state index in [1.807, 2.05) is 0 Å². The summed E-state index contributed by atoms with van der Waals surface area (Å²) >= 11 is 0. The quantitative estimate of drug-likeness (QED) is 0.327. The van der Waals surface area contributed by atoms with Crippen molar-refractivity contribution in [2.75, 3.05) is 26.4 Å². The number of carboxylic acids is 1. The van der Waals surface area contributed by atoms with Gasteiger partial charge in [-0.1, -0.05) is 6.08 Å². The number of aliphatic hydroxyl groups excluding tert-OH is 3. The summed E-state index contributed by atoms with van der Waals surface area (Å²) in [5.74, 6) is -1.03. The summed E-state index contributed by atoms with van der Waals surface area (Å²) in [5, 5.41) is 38.0. The number of hydrogen-bond donors (Lipinski definition) is 5. The molecule has 15 heavy (non-hydrogen) atoms. The number of hydrogen-bond acceptors (Lipinski definition) is 5. The molecule has 0 atom stereocenters. The van der Waals surface area contributed by atoms with Gasteiger partial charge in [-0.2, -0.15) is 0 Å². The normalized spacial score (nSPS) is 12.9. The van der Waals surface area contributed by atoms with E-state index in [-0.39, 0.29) is 12.1 Å². The maximum Gasteiger partial charge on any atom is 0.330 e.